The first kappa shape index (κ1) is 20.8. The minimum atomic E-state index is -4.57. The Bertz CT molecular complexity index is 854. The number of amides is 1. The molecule has 11 heteroatoms. The van der Waals surface area contributed by atoms with Crippen LogP contribution in [0.5, 0.6) is 0 Å². The third-order valence-corrected chi connectivity index (χ3v) is 5.87. The maximum Gasteiger partial charge on any atom is 0.436 e. The van der Waals surface area contributed by atoms with Crippen LogP contribution in [-0.4, -0.2) is 61.4 Å². The zero-order valence-electron chi connectivity index (χ0n) is 15.9. The molecule has 1 aliphatic rings. The normalized spacial score (nSPS) is 17.2. The van der Waals surface area contributed by atoms with Gasteiger partial charge in [0, 0.05) is 51.5 Å². The maximum absolute atomic E-state index is 13.1. The molecule has 0 aliphatic carbocycles. The number of aryl methyl sites for hydroxylation is 1. The van der Waals surface area contributed by atoms with Gasteiger partial charge in [-0.25, -0.2) is 0 Å². The summed E-state index contributed by atoms with van der Waals surface area (Å²) in [4.78, 5) is 16.7. The van der Waals surface area contributed by atoms with E-state index in [-0.39, 0.29) is 16.1 Å². The Morgan fingerprint density at radius 3 is 2.43 bits per heavy atom. The molecule has 1 aliphatic heterocycles. The Hall–Kier alpha value is -1.88. The van der Waals surface area contributed by atoms with Gasteiger partial charge in [-0.3, -0.25) is 19.1 Å². The fraction of sp³-hybridized carbons (Fsp3) is 0.588. The number of rotatable bonds is 4. The summed E-state index contributed by atoms with van der Waals surface area (Å²) in [5, 5.41) is 7.80. The van der Waals surface area contributed by atoms with Gasteiger partial charge in [-0.1, -0.05) is 0 Å². The van der Waals surface area contributed by atoms with Crippen LogP contribution in [0.2, 0.25) is 0 Å². The van der Waals surface area contributed by atoms with Crippen molar-refractivity contribution in [2.24, 2.45) is 7.05 Å². The molecule has 2 aromatic rings. The van der Waals surface area contributed by atoms with Crippen molar-refractivity contribution < 1.29 is 18.0 Å². The lowest BCUT2D eigenvalue weighted by Gasteiger charge is -2.35. The summed E-state index contributed by atoms with van der Waals surface area (Å²) >= 11 is 2.95. The van der Waals surface area contributed by atoms with E-state index in [1.165, 1.54) is 6.92 Å². The maximum atomic E-state index is 13.1. The number of carbonyl (C=O) groups excluding carboxylic acids is 1. The molecule has 0 radical (unpaired) electrons. The molecular weight excluding hydrogens is 441 g/mol. The molecule has 1 saturated heterocycles. The third kappa shape index (κ3) is 4.24. The molecule has 1 atom stereocenters. The molecule has 28 heavy (non-hydrogen) atoms. The van der Waals surface area contributed by atoms with Crippen LogP contribution in [0.4, 0.5) is 13.2 Å². The first-order chi connectivity index (χ1) is 13.1. The van der Waals surface area contributed by atoms with Gasteiger partial charge in [0.1, 0.15) is 6.04 Å². The van der Waals surface area contributed by atoms with Crippen LogP contribution in [0.1, 0.15) is 29.9 Å². The van der Waals surface area contributed by atoms with Gasteiger partial charge < -0.3 is 4.90 Å². The average Bonchev–Trinajstić information content (AvgIpc) is 3.17. The number of hydrogen-bond donors (Lipinski definition) is 0. The molecule has 7 nitrogen and oxygen atoms in total. The zero-order valence-corrected chi connectivity index (χ0v) is 17.5. The Morgan fingerprint density at radius 2 is 1.93 bits per heavy atom. The van der Waals surface area contributed by atoms with Gasteiger partial charge in [-0.15, -0.1) is 0 Å². The molecule has 0 saturated carbocycles. The lowest BCUT2D eigenvalue weighted by Crippen LogP contribution is -2.50. The lowest BCUT2D eigenvalue weighted by molar-refractivity contribution is -0.143. The lowest BCUT2D eigenvalue weighted by atomic mass is 10.2. The van der Waals surface area contributed by atoms with E-state index >= 15 is 0 Å². The zero-order chi connectivity index (χ0) is 20.6. The predicted molar refractivity (Wildman–Crippen MR) is 99.4 cm³/mol. The van der Waals surface area contributed by atoms with Crippen molar-refractivity contribution in [1.29, 1.82) is 0 Å². The minimum Gasteiger partial charge on any atom is -0.338 e. The first-order valence-corrected chi connectivity index (χ1v) is 9.67. The Balaban J connectivity index is 1.63. The number of hydrogen-bond acceptors (Lipinski definition) is 4. The summed E-state index contributed by atoms with van der Waals surface area (Å²) in [6, 6.07) is -0.808. The van der Waals surface area contributed by atoms with Crippen molar-refractivity contribution >= 4 is 21.8 Å². The fourth-order valence-corrected chi connectivity index (χ4v) is 3.85. The van der Waals surface area contributed by atoms with Crippen molar-refractivity contribution in [3.8, 4) is 0 Å². The predicted octanol–water partition coefficient (Wildman–Crippen LogP) is 2.61. The Kier molecular flexibility index (Phi) is 5.85. The third-order valence-electron chi connectivity index (χ3n) is 4.92. The molecule has 0 aromatic carbocycles. The number of halogens is 4. The number of carbonyl (C=O) groups is 1. The Labute approximate surface area is 169 Å². The van der Waals surface area contributed by atoms with E-state index in [4.69, 9.17) is 0 Å². The fourth-order valence-electron chi connectivity index (χ4n) is 3.36. The van der Waals surface area contributed by atoms with Crippen LogP contribution in [0.25, 0.3) is 0 Å². The number of aromatic nitrogens is 4. The molecule has 1 unspecified atom stereocenters. The topological polar surface area (TPSA) is 59.2 Å². The second-order valence-corrected chi connectivity index (χ2v) is 7.78. The molecule has 0 N–H and O–H groups in total. The van der Waals surface area contributed by atoms with Crippen LogP contribution < -0.4 is 0 Å². The Morgan fingerprint density at radius 1 is 1.29 bits per heavy atom. The summed E-state index contributed by atoms with van der Waals surface area (Å²) in [6.07, 6.45) is -0.804. The summed E-state index contributed by atoms with van der Waals surface area (Å²) in [6.45, 7) is 6.30. The highest BCUT2D eigenvalue weighted by Crippen LogP contribution is 2.36. The standard InChI is InChI=1S/C17H22BrF3N6O/c1-11-14(18)15(17(19,20)21)23-27(11)12(2)16(28)26-6-4-25(5-7-26)10-13-8-22-24(3)9-13/h8-9,12H,4-7,10H2,1-3H3. The van der Waals surface area contributed by atoms with Crippen molar-refractivity contribution in [3.05, 3.63) is 33.8 Å². The number of nitrogens with zero attached hydrogens (tertiary/aromatic N) is 6. The number of alkyl halides is 3. The first-order valence-electron chi connectivity index (χ1n) is 8.88. The SMILES string of the molecule is Cc1c(Br)c(C(F)(F)F)nn1C(C)C(=O)N1CCN(Cc2cnn(C)c2)CC1. The van der Waals surface area contributed by atoms with E-state index in [1.54, 1.807) is 16.5 Å². The van der Waals surface area contributed by atoms with Gasteiger partial charge in [0.05, 0.1) is 16.4 Å². The quantitative estimate of drug-likeness (QED) is 0.700. The van der Waals surface area contributed by atoms with E-state index in [1.807, 2.05) is 19.4 Å². The van der Waals surface area contributed by atoms with Gasteiger partial charge in [0.15, 0.2) is 5.69 Å². The monoisotopic (exact) mass is 462 g/mol. The van der Waals surface area contributed by atoms with Crippen molar-refractivity contribution in [2.45, 2.75) is 32.6 Å². The van der Waals surface area contributed by atoms with Gasteiger partial charge in [-0.05, 0) is 29.8 Å². The average molecular weight is 463 g/mol. The van der Waals surface area contributed by atoms with Gasteiger partial charge in [-0.2, -0.15) is 23.4 Å². The van der Waals surface area contributed by atoms with Crippen molar-refractivity contribution in [1.82, 2.24) is 29.4 Å². The minimum absolute atomic E-state index is 0.124. The molecule has 154 valence electrons. The molecule has 1 amide bonds. The van der Waals surface area contributed by atoms with E-state index in [2.05, 4.69) is 31.0 Å². The smallest absolute Gasteiger partial charge is 0.338 e. The van der Waals surface area contributed by atoms with Crippen LogP contribution in [0, 0.1) is 6.92 Å². The molecule has 3 heterocycles. The highest BCUT2D eigenvalue weighted by Gasteiger charge is 2.39. The molecule has 0 bridgehead atoms. The summed E-state index contributed by atoms with van der Waals surface area (Å²) in [5.41, 5.74) is 0.377. The van der Waals surface area contributed by atoms with Crippen LogP contribution in [-0.2, 0) is 24.6 Å². The van der Waals surface area contributed by atoms with E-state index < -0.39 is 17.9 Å². The molecule has 1 fully saturated rings. The van der Waals surface area contributed by atoms with Gasteiger partial charge in [0.25, 0.3) is 0 Å². The summed E-state index contributed by atoms with van der Waals surface area (Å²) in [7, 11) is 1.86. The second-order valence-electron chi connectivity index (χ2n) is 6.99. The van der Waals surface area contributed by atoms with Gasteiger partial charge in [0.2, 0.25) is 5.91 Å². The highest BCUT2D eigenvalue weighted by atomic mass is 79.9. The van der Waals surface area contributed by atoms with Crippen LogP contribution in [0.3, 0.4) is 0 Å². The van der Waals surface area contributed by atoms with Gasteiger partial charge >= 0.3 is 6.18 Å². The van der Waals surface area contributed by atoms with Crippen molar-refractivity contribution in [2.75, 3.05) is 26.2 Å². The van der Waals surface area contributed by atoms with E-state index in [0.717, 1.165) is 16.8 Å². The highest BCUT2D eigenvalue weighted by molar-refractivity contribution is 9.10. The molecule has 2 aromatic heterocycles. The largest absolute Gasteiger partial charge is 0.436 e. The summed E-state index contributed by atoms with van der Waals surface area (Å²) < 4.78 is 42.0. The second kappa shape index (κ2) is 7.86. The molecular formula is C17H22BrF3N6O. The summed E-state index contributed by atoms with van der Waals surface area (Å²) in [5.74, 6) is -0.229. The van der Waals surface area contributed by atoms with E-state index in [0.29, 0.717) is 26.2 Å². The van der Waals surface area contributed by atoms with E-state index in [9.17, 15) is 18.0 Å². The number of piperazine rings is 1. The van der Waals surface area contributed by atoms with Crippen LogP contribution >= 0.6 is 15.9 Å². The van der Waals surface area contributed by atoms with Crippen molar-refractivity contribution in [3.63, 3.8) is 0 Å². The molecule has 0 spiro atoms. The van der Waals surface area contributed by atoms with Crippen LogP contribution in [0.15, 0.2) is 16.9 Å². The molecule has 3 rings (SSSR count).